The van der Waals surface area contributed by atoms with Crippen molar-refractivity contribution in [1.29, 1.82) is 0 Å². The number of non-ortho nitro benzene ring substituents is 1. The molecular weight excluding hydrogens is 592 g/mol. The van der Waals surface area contributed by atoms with Crippen LogP contribution < -0.4 is 9.62 Å². The van der Waals surface area contributed by atoms with Gasteiger partial charge in [0.25, 0.3) is 15.7 Å². The number of nitrogens with zero attached hydrogens (tertiary/aromatic N) is 3. The molecule has 1 N–H and O–H groups in total. The molecule has 43 heavy (non-hydrogen) atoms. The molecule has 1 aliphatic carbocycles. The summed E-state index contributed by atoms with van der Waals surface area (Å²) in [6.07, 6.45) is 5.18. The molecule has 1 saturated carbocycles. The number of benzene rings is 3. The number of amides is 2. The Hall–Kier alpha value is -3.96. The second kappa shape index (κ2) is 14.5. The van der Waals surface area contributed by atoms with Crippen molar-refractivity contribution in [2.75, 3.05) is 10.8 Å². The third-order valence-corrected chi connectivity index (χ3v) is 9.58. The summed E-state index contributed by atoms with van der Waals surface area (Å²) in [4.78, 5) is 40.0. The van der Waals surface area contributed by atoms with Gasteiger partial charge in [-0.2, -0.15) is 0 Å². The number of halogens is 1. The third kappa shape index (κ3) is 8.11. The van der Waals surface area contributed by atoms with Gasteiger partial charge in [-0.05, 0) is 55.2 Å². The number of sulfonamides is 1. The van der Waals surface area contributed by atoms with Crippen LogP contribution in [0.4, 0.5) is 11.4 Å². The van der Waals surface area contributed by atoms with Crippen LogP contribution in [0, 0.1) is 10.1 Å². The van der Waals surface area contributed by atoms with Crippen molar-refractivity contribution in [1.82, 2.24) is 10.2 Å². The van der Waals surface area contributed by atoms with Crippen molar-refractivity contribution in [2.45, 2.75) is 69.0 Å². The summed E-state index contributed by atoms with van der Waals surface area (Å²) in [5.74, 6) is -0.934. The summed E-state index contributed by atoms with van der Waals surface area (Å²) in [5, 5.41) is 15.1. The molecule has 0 aliphatic heterocycles. The predicted octanol–water partition coefficient (Wildman–Crippen LogP) is 5.70. The van der Waals surface area contributed by atoms with Crippen molar-refractivity contribution in [3.05, 3.63) is 99.6 Å². The van der Waals surface area contributed by atoms with Crippen LogP contribution >= 0.6 is 11.6 Å². The Kier molecular flexibility index (Phi) is 10.8. The molecule has 12 heteroatoms. The molecule has 0 saturated heterocycles. The number of hydrogen-bond acceptors (Lipinski definition) is 6. The fourth-order valence-electron chi connectivity index (χ4n) is 5.26. The lowest BCUT2D eigenvalue weighted by Gasteiger charge is -2.34. The van der Waals surface area contributed by atoms with Crippen LogP contribution in [0.5, 0.6) is 0 Å². The van der Waals surface area contributed by atoms with Gasteiger partial charge in [-0.3, -0.25) is 24.0 Å². The Bertz CT molecular complexity index is 1530. The first-order valence-electron chi connectivity index (χ1n) is 14.3. The Morgan fingerprint density at radius 3 is 2.30 bits per heavy atom. The van der Waals surface area contributed by atoms with E-state index in [0.29, 0.717) is 17.0 Å². The number of nitrogens with one attached hydrogen (secondary N) is 1. The Labute approximate surface area is 256 Å². The highest BCUT2D eigenvalue weighted by Gasteiger charge is 2.34. The van der Waals surface area contributed by atoms with Gasteiger partial charge in [0.15, 0.2) is 0 Å². The zero-order chi connectivity index (χ0) is 31.0. The quantitative estimate of drug-likeness (QED) is 0.203. The van der Waals surface area contributed by atoms with E-state index < -0.39 is 33.4 Å². The molecule has 1 aliphatic rings. The SMILES string of the molecule is CC[C@H](C(=O)NC1CCCCC1)N(Cc1ccc(Cl)cc1)C(=O)CN(c1cccc([N+](=O)[O-])c1)S(=O)(=O)c1ccccc1. The summed E-state index contributed by atoms with van der Waals surface area (Å²) >= 11 is 6.07. The molecule has 3 aromatic rings. The first-order valence-corrected chi connectivity index (χ1v) is 16.1. The molecule has 1 fully saturated rings. The van der Waals surface area contributed by atoms with E-state index in [1.165, 1.54) is 35.2 Å². The van der Waals surface area contributed by atoms with Crippen molar-refractivity contribution < 1.29 is 22.9 Å². The average Bonchev–Trinajstić information content (AvgIpc) is 3.01. The topological polar surface area (TPSA) is 130 Å². The van der Waals surface area contributed by atoms with Gasteiger partial charge in [0.2, 0.25) is 11.8 Å². The minimum absolute atomic E-state index is 0.0163. The normalized spacial score (nSPS) is 14.5. The first-order chi connectivity index (χ1) is 20.6. The standard InChI is InChI=1S/C31H35ClN4O6S/c1-2-29(31(38)33-25-10-5-3-6-11-25)34(21-23-16-18-24(32)19-17-23)30(37)22-35(26-12-9-13-27(20-26)36(39)40)43(41,42)28-14-7-4-8-15-28/h4,7-9,12-20,25,29H,2-3,5-6,10-11,21-22H2,1H3,(H,33,38)/t29-/m1/s1. The zero-order valence-electron chi connectivity index (χ0n) is 23.9. The minimum atomic E-state index is -4.33. The molecule has 2 amide bonds. The average molecular weight is 627 g/mol. The molecule has 0 aromatic heterocycles. The van der Waals surface area contributed by atoms with Crippen LogP contribution in [0.2, 0.25) is 5.02 Å². The summed E-state index contributed by atoms with van der Waals surface area (Å²) < 4.78 is 28.6. The monoisotopic (exact) mass is 626 g/mol. The number of nitro groups is 1. The van der Waals surface area contributed by atoms with Gasteiger partial charge in [-0.1, -0.05) is 74.2 Å². The Morgan fingerprint density at radius 2 is 1.67 bits per heavy atom. The second-order valence-electron chi connectivity index (χ2n) is 10.5. The van der Waals surface area contributed by atoms with Gasteiger partial charge in [0, 0.05) is 29.7 Å². The maximum absolute atomic E-state index is 14.2. The predicted molar refractivity (Wildman–Crippen MR) is 165 cm³/mol. The van der Waals surface area contributed by atoms with Crippen LogP contribution in [0.25, 0.3) is 0 Å². The van der Waals surface area contributed by atoms with E-state index in [1.54, 1.807) is 49.4 Å². The number of hydrogen-bond donors (Lipinski definition) is 1. The van der Waals surface area contributed by atoms with Crippen LogP contribution in [0.15, 0.2) is 83.8 Å². The minimum Gasteiger partial charge on any atom is -0.352 e. The van der Waals surface area contributed by atoms with Crippen molar-refractivity contribution in [2.24, 2.45) is 0 Å². The highest BCUT2D eigenvalue weighted by molar-refractivity contribution is 7.92. The molecule has 0 bridgehead atoms. The highest BCUT2D eigenvalue weighted by Crippen LogP contribution is 2.28. The number of carbonyl (C=O) groups excluding carboxylic acids is 2. The van der Waals surface area contributed by atoms with Crippen LogP contribution in [0.3, 0.4) is 0 Å². The number of rotatable bonds is 12. The molecule has 228 valence electrons. The summed E-state index contributed by atoms with van der Waals surface area (Å²) in [5.41, 5.74) is 0.335. The Morgan fingerprint density at radius 1 is 1.00 bits per heavy atom. The summed E-state index contributed by atoms with van der Waals surface area (Å²) in [6, 6.07) is 18.7. The van der Waals surface area contributed by atoms with Crippen LogP contribution in [0.1, 0.15) is 51.0 Å². The lowest BCUT2D eigenvalue weighted by molar-refractivity contribution is -0.384. The highest BCUT2D eigenvalue weighted by atomic mass is 35.5. The largest absolute Gasteiger partial charge is 0.352 e. The van der Waals surface area contributed by atoms with E-state index >= 15 is 0 Å². The van der Waals surface area contributed by atoms with Crippen molar-refractivity contribution >= 4 is 44.8 Å². The Balaban J connectivity index is 1.72. The maximum atomic E-state index is 14.2. The van der Waals surface area contributed by atoms with E-state index in [0.717, 1.165) is 42.5 Å². The van der Waals surface area contributed by atoms with E-state index in [1.807, 2.05) is 0 Å². The van der Waals surface area contributed by atoms with Gasteiger partial charge in [0.05, 0.1) is 15.5 Å². The lowest BCUT2D eigenvalue weighted by atomic mass is 9.95. The molecule has 0 spiro atoms. The van der Waals surface area contributed by atoms with Gasteiger partial charge < -0.3 is 10.2 Å². The van der Waals surface area contributed by atoms with Gasteiger partial charge in [-0.15, -0.1) is 0 Å². The fraction of sp³-hybridized carbons (Fsp3) is 0.355. The molecule has 0 radical (unpaired) electrons. The molecule has 4 rings (SSSR count). The van der Waals surface area contributed by atoms with Gasteiger partial charge in [-0.25, -0.2) is 8.42 Å². The molecule has 10 nitrogen and oxygen atoms in total. The fourth-order valence-corrected chi connectivity index (χ4v) is 6.81. The van der Waals surface area contributed by atoms with E-state index in [4.69, 9.17) is 11.6 Å². The first kappa shape index (κ1) is 32.0. The van der Waals surface area contributed by atoms with Crippen molar-refractivity contribution in [3.63, 3.8) is 0 Å². The molecule has 0 unspecified atom stereocenters. The van der Waals surface area contributed by atoms with E-state index in [-0.39, 0.29) is 34.8 Å². The smallest absolute Gasteiger partial charge is 0.271 e. The number of nitro benzene ring substituents is 1. The lowest BCUT2D eigenvalue weighted by Crippen LogP contribution is -2.54. The summed E-state index contributed by atoms with van der Waals surface area (Å²) in [7, 11) is -4.33. The van der Waals surface area contributed by atoms with Crippen LogP contribution in [-0.2, 0) is 26.2 Å². The molecule has 3 aromatic carbocycles. The number of carbonyl (C=O) groups is 2. The zero-order valence-corrected chi connectivity index (χ0v) is 25.5. The van der Waals surface area contributed by atoms with E-state index in [9.17, 15) is 28.1 Å². The van der Waals surface area contributed by atoms with Crippen molar-refractivity contribution in [3.8, 4) is 0 Å². The summed E-state index contributed by atoms with van der Waals surface area (Å²) in [6.45, 7) is 1.15. The third-order valence-electron chi connectivity index (χ3n) is 7.54. The molecular formula is C31H35ClN4O6S. The molecule has 1 atom stereocenters. The number of anilines is 1. The van der Waals surface area contributed by atoms with E-state index in [2.05, 4.69) is 5.32 Å². The second-order valence-corrected chi connectivity index (χ2v) is 12.8. The molecule has 0 heterocycles. The van der Waals surface area contributed by atoms with Gasteiger partial charge >= 0.3 is 0 Å². The maximum Gasteiger partial charge on any atom is 0.271 e. The van der Waals surface area contributed by atoms with Gasteiger partial charge in [0.1, 0.15) is 12.6 Å². The van der Waals surface area contributed by atoms with Crippen LogP contribution in [-0.4, -0.2) is 48.7 Å².